The molecule has 1 aliphatic heterocycles. The molecule has 116 valence electrons. The Morgan fingerprint density at radius 3 is 2.73 bits per heavy atom. The molecule has 0 saturated heterocycles. The average Bonchev–Trinajstić information content (AvgIpc) is 3.19. The fourth-order valence-corrected chi connectivity index (χ4v) is 2.70. The van der Waals surface area contributed by atoms with Gasteiger partial charge in [-0.3, -0.25) is 4.99 Å². The molecule has 0 spiro atoms. The SMILES string of the molecule is COCc1coc(-c2ccccc2N2C=NCC2)c1COC. The number of methoxy groups -OCH3 is 2. The number of hydrogen-bond acceptors (Lipinski definition) is 5. The van der Waals surface area contributed by atoms with Crippen molar-refractivity contribution in [1.82, 2.24) is 0 Å². The Bertz CT molecular complexity index is 664. The molecule has 0 N–H and O–H groups in total. The third-order valence-electron chi connectivity index (χ3n) is 3.72. The number of furan rings is 1. The summed E-state index contributed by atoms with van der Waals surface area (Å²) in [6.07, 6.45) is 3.63. The fourth-order valence-electron chi connectivity index (χ4n) is 2.70. The van der Waals surface area contributed by atoms with Gasteiger partial charge >= 0.3 is 0 Å². The normalized spacial score (nSPS) is 14.0. The van der Waals surface area contributed by atoms with E-state index in [4.69, 9.17) is 13.9 Å². The maximum atomic E-state index is 5.86. The summed E-state index contributed by atoms with van der Waals surface area (Å²) >= 11 is 0. The van der Waals surface area contributed by atoms with E-state index in [0.717, 1.165) is 41.2 Å². The Morgan fingerprint density at radius 2 is 2.00 bits per heavy atom. The molecule has 1 aromatic heterocycles. The molecule has 22 heavy (non-hydrogen) atoms. The number of rotatable bonds is 6. The third-order valence-corrected chi connectivity index (χ3v) is 3.72. The lowest BCUT2D eigenvalue weighted by Gasteiger charge is -2.18. The largest absolute Gasteiger partial charge is 0.464 e. The van der Waals surface area contributed by atoms with Gasteiger partial charge in [0, 0.05) is 37.5 Å². The summed E-state index contributed by atoms with van der Waals surface area (Å²) in [5.41, 5.74) is 4.20. The number of hydrogen-bond donors (Lipinski definition) is 0. The molecule has 0 fully saturated rings. The van der Waals surface area contributed by atoms with Gasteiger partial charge in [0.05, 0.1) is 38.0 Å². The number of para-hydroxylation sites is 1. The van der Waals surface area contributed by atoms with Crippen molar-refractivity contribution in [1.29, 1.82) is 0 Å². The van der Waals surface area contributed by atoms with Crippen molar-refractivity contribution in [3.8, 4) is 11.3 Å². The smallest absolute Gasteiger partial charge is 0.141 e. The highest BCUT2D eigenvalue weighted by Gasteiger charge is 2.20. The van der Waals surface area contributed by atoms with Crippen LogP contribution in [0.15, 0.2) is 39.9 Å². The van der Waals surface area contributed by atoms with Gasteiger partial charge in [-0.1, -0.05) is 12.1 Å². The molecule has 3 rings (SSSR count). The molecule has 1 aliphatic rings. The van der Waals surface area contributed by atoms with Gasteiger partial charge in [0.1, 0.15) is 5.76 Å². The minimum Gasteiger partial charge on any atom is -0.464 e. The average molecular weight is 300 g/mol. The van der Waals surface area contributed by atoms with Crippen molar-refractivity contribution < 1.29 is 13.9 Å². The van der Waals surface area contributed by atoms with Crippen LogP contribution in [0.4, 0.5) is 5.69 Å². The summed E-state index contributed by atoms with van der Waals surface area (Å²) < 4.78 is 16.4. The van der Waals surface area contributed by atoms with Crippen LogP contribution in [0.5, 0.6) is 0 Å². The molecule has 0 radical (unpaired) electrons. The fraction of sp³-hybridized carbons (Fsp3) is 0.353. The maximum absolute atomic E-state index is 5.86. The van der Waals surface area contributed by atoms with Crippen LogP contribution in [0.1, 0.15) is 11.1 Å². The second-order valence-corrected chi connectivity index (χ2v) is 5.17. The van der Waals surface area contributed by atoms with Gasteiger partial charge in [-0.05, 0) is 12.1 Å². The van der Waals surface area contributed by atoms with Gasteiger partial charge < -0.3 is 18.8 Å². The molecule has 2 aromatic rings. The van der Waals surface area contributed by atoms with E-state index in [-0.39, 0.29) is 0 Å². The molecule has 1 aromatic carbocycles. The predicted molar refractivity (Wildman–Crippen MR) is 86.3 cm³/mol. The quantitative estimate of drug-likeness (QED) is 0.822. The second kappa shape index (κ2) is 6.77. The summed E-state index contributed by atoms with van der Waals surface area (Å²) in [6, 6.07) is 8.19. The first-order valence-electron chi connectivity index (χ1n) is 7.28. The van der Waals surface area contributed by atoms with Crippen molar-refractivity contribution in [2.24, 2.45) is 4.99 Å². The molecule has 5 nitrogen and oxygen atoms in total. The first-order chi connectivity index (χ1) is 10.8. The summed E-state index contributed by atoms with van der Waals surface area (Å²) in [7, 11) is 3.37. The summed E-state index contributed by atoms with van der Waals surface area (Å²) in [5.74, 6) is 0.838. The van der Waals surface area contributed by atoms with Gasteiger partial charge in [0.15, 0.2) is 0 Å². The van der Waals surface area contributed by atoms with Crippen LogP contribution < -0.4 is 4.90 Å². The predicted octanol–water partition coefficient (Wildman–Crippen LogP) is 3.09. The monoisotopic (exact) mass is 300 g/mol. The van der Waals surface area contributed by atoms with Gasteiger partial charge in [0.25, 0.3) is 0 Å². The van der Waals surface area contributed by atoms with Crippen LogP contribution in [0.3, 0.4) is 0 Å². The van der Waals surface area contributed by atoms with Crippen LogP contribution in [-0.4, -0.2) is 33.6 Å². The molecule has 0 aliphatic carbocycles. The Hall–Kier alpha value is -2.11. The van der Waals surface area contributed by atoms with E-state index in [9.17, 15) is 0 Å². The van der Waals surface area contributed by atoms with Gasteiger partial charge in [-0.25, -0.2) is 0 Å². The van der Waals surface area contributed by atoms with E-state index < -0.39 is 0 Å². The van der Waals surface area contributed by atoms with E-state index >= 15 is 0 Å². The summed E-state index contributed by atoms with van der Waals surface area (Å²) in [6.45, 7) is 2.72. The van der Waals surface area contributed by atoms with Crippen LogP contribution in [-0.2, 0) is 22.7 Å². The molecule has 0 saturated carbocycles. The zero-order valence-electron chi connectivity index (χ0n) is 12.9. The van der Waals surface area contributed by atoms with Crippen LogP contribution in [0, 0.1) is 0 Å². The van der Waals surface area contributed by atoms with Gasteiger partial charge in [-0.2, -0.15) is 0 Å². The Labute approximate surface area is 130 Å². The van der Waals surface area contributed by atoms with Crippen LogP contribution >= 0.6 is 0 Å². The maximum Gasteiger partial charge on any atom is 0.141 e. The first kappa shape index (κ1) is 14.8. The minimum atomic E-state index is 0.493. The van der Waals surface area contributed by atoms with Crippen molar-refractivity contribution in [3.63, 3.8) is 0 Å². The van der Waals surface area contributed by atoms with Crippen molar-refractivity contribution in [2.45, 2.75) is 13.2 Å². The standard InChI is InChI=1S/C17H20N2O3/c1-20-9-13-10-22-17(15(13)11-21-2)14-5-3-4-6-16(14)19-8-7-18-12-19/h3-6,10,12H,7-9,11H2,1-2H3. The zero-order chi connectivity index (χ0) is 15.4. The molecule has 0 amide bonds. The number of ether oxygens (including phenoxy) is 2. The number of benzene rings is 1. The highest BCUT2D eigenvalue weighted by atomic mass is 16.5. The molecule has 0 unspecified atom stereocenters. The first-order valence-corrected chi connectivity index (χ1v) is 7.28. The van der Waals surface area contributed by atoms with Gasteiger partial charge in [0.2, 0.25) is 0 Å². The van der Waals surface area contributed by atoms with E-state index in [2.05, 4.69) is 22.0 Å². The van der Waals surface area contributed by atoms with Gasteiger partial charge in [-0.15, -0.1) is 0 Å². The third kappa shape index (κ3) is 2.77. The van der Waals surface area contributed by atoms with Crippen LogP contribution in [0.25, 0.3) is 11.3 Å². The Morgan fingerprint density at radius 1 is 1.18 bits per heavy atom. The summed E-state index contributed by atoms with van der Waals surface area (Å²) in [5, 5.41) is 0. The highest BCUT2D eigenvalue weighted by Crippen LogP contribution is 2.36. The van der Waals surface area contributed by atoms with Crippen molar-refractivity contribution in [2.75, 3.05) is 32.2 Å². The lowest BCUT2D eigenvalue weighted by Crippen LogP contribution is -2.18. The topological polar surface area (TPSA) is 47.2 Å². The Kier molecular flexibility index (Phi) is 4.56. The number of nitrogens with zero attached hydrogens (tertiary/aromatic N) is 2. The van der Waals surface area contributed by atoms with E-state index in [0.29, 0.717) is 13.2 Å². The van der Waals surface area contributed by atoms with Crippen molar-refractivity contribution >= 4 is 12.0 Å². The lowest BCUT2D eigenvalue weighted by molar-refractivity contribution is 0.169. The van der Waals surface area contributed by atoms with E-state index in [1.54, 1.807) is 20.5 Å². The minimum absolute atomic E-state index is 0.493. The zero-order valence-corrected chi connectivity index (χ0v) is 12.9. The number of anilines is 1. The Balaban J connectivity index is 2.05. The van der Waals surface area contributed by atoms with E-state index in [1.807, 2.05) is 18.5 Å². The van der Waals surface area contributed by atoms with Crippen molar-refractivity contribution in [3.05, 3.63) is 41.7 Å². The lowest BCUT2D eigenvalue weighted by atomic mass is 10.0. The molecule has 5 heteroatoms. The molecule has 2 heterocycles. The summed E-state index contributed by atoms with van der Waals surface area (Å²) in [4.78, 5) is 6.44. The molecule has 0 atom stereocenters. The highest BCUT2D eigenvalue weighted by molar-refractivity contribution is 5.89. The van der Waals surface area contributed by atoms with Crippen LogP contribution in [0.2, 0.25) is 0 Å². The van der Waals surface area contributed by atoms with E-state index in [1.165, 1.54) is 0 Å². The second-order valence-electron chi connectivity index (χ2n) is 5.17. The molecular formula is C17H20N2O3. The number of aliphatic imine (C=N–C) groups is 1. The molecular weight excluding hydrogens is 280 g/mol. The molecule has 0 bridgehead atoms.